The standard InChI is InChI=1S/C18H26N2S/c1-12(2)10-19-11-16-17(13(3)4)20-18(21-16)15-9-7-6-8-14(15)5/h6-9,12-13,19H,10-11H2,1-5H3. The van der Waals surface area contributed by atoms with Crippen LogP contribution in [0.2, 0.25) is 0 Å². The van der Waals surface area contributed by atoms with Crippen molar-refractivity contribution in [1.29, 1.82) is 0 Å². The van der Waals surface area contributed by atoms with E-state index in [2.05, 4.69) is 64.2 Å². The summed E-state index contributed by atoms with van der Waals surface area (Å²) in [5, 5.41) is 4.70. The van der Waals surface area contributed by atoms with Crippen LogP contribution in [-0.2, 0) is 6.54 Å². The van der Waals surface area contributed by atoms with Gasteiger partial charge in [-0.15, -0.1) is 11.3 Å². The van der Waals surface area contributed by atoms with Gasteiger partial charge in [-0.3, -0.25) is 0 Å². The van der Waals surface area contributed by atoms with Gasteiger partial charge in [0.1, 0.15) is 5.01 Å². The van der Waals surface area contributed by atoms with Crippen molar-refractivity contribution in [2.45, 2.75) is 47.1 Å². The third-order valence-corrected chi connectivity index (χ3v) is 4.59. The third-order valence-electron chi connectivity index (χ3n) is 3.49. The summed E-state index contributed by atoms with van der Waals surface area (Å²) in [5.74, 6) is 1.14. The van der Waals surface area contributed by atoms with E-state index < -0.39 is 0 Å². The van der Waals surface area contributed by atoms with Crippen LogP contribution in [0.3, 0.4) is 0 Å². The fourth-order valence-electron chi connectivity index (χ4n) is 2.34. The molecular weight excluding hydrogens is 276 g/mol. The summed E-state index contributed by atoms with van der Waals surface area (Å²) in [4.78, 5) is 6.30. The third kappa shape index (κ3) is 4.14. The molecule has 0 unspecified atom stereocenters. The average molecular weight is 302 g/mol. The average Bonchev–Trinajstić information content (AvgIpc) is 2.83. The van der Waals surface area contributed by atoms with E-state index >= 15 is 0 Å². The van der Waals surface area contributed by atoms with Gasteiger partial charge in [0, 0.05) is 17.0 Å². The smallest absolute Gasteiger partial charge is 0.124 e. The number of aromatic nitrogens is 1. The molecule has 2 rings (SSSR count). The molecule has 0 saturated heterocycles. The molecule has 0 aliphatic carbocycles. The van der Waals surface area contributed by atoms with Crippen molar-refractivity contribution in [3.8, 4) is 10.6 Å². The van der Waals surface area contributed by atoms with Gasteiger partial charge in [0.25, 0.3) is 0 Å². The van der Waals surface area contributed by atoms with Crippen LogP contribution in [0.4, 0.5) is 0 Å². The molecule has 0 spiro atoms. The maximum absolute atomic E-state index is 4.92. The Kier molecular flexibility index (Phi) is 5.54. The van der Waals surface area contributed by atoms with Crippen LogP contribution in [0, 0.1) is 12.8 Å². The van der Waals surface area contributed by atoms with Gasteiger partial charge in [0.05, 0.1) is 5.69 Å². The Bertz CT molecular complexity index is 585. The lowest BCUT2D eigenvalue weighted by Crippen LogP contribution is -2.19. The first kappa shape index (κ1) is 16.2. The summed E-state index contributed by atoms with van der Waals surface area (Å²) in [6.45, 7) is 13.1. The number of rotatable bonds is 6. The summed E-state index contributed by atoms with van der Waals surface area (Å²) in [6, 6.07) is 8.50. The maximum Gasteiger partial charge on any atom is 0.124 e. The molecule has 0 saturated carbocycles. The number of benzene rings is 1. The Balaban J connectivity index is 2.27. The number of aryl methyl sites for hydroxylation is 1. The monoisotopic (exact) mass is 302 g/mol. The minimum atomic E-state index is 0.467. The first-order valence-electron chi connectivity index (χ1n) is 7.75. The molecule has 21 heavy (non-hydrogen) atoms. The van der Waals surface area contributed by atoms with Crippen molar-refractivity contribution in [3.63, 3.8) is 0 Å². The molecular formula is C18H26N2S. The Morgan fingerprint density at radius 2 is 1.86 bits per heavy atom. The van der Waals surface area contributed by atoms with Crippen LogP contribution >= 0.6 is 11.3 Å². The van der Waals surface area contributed by atoms with E-state index in [9.17, 15) is 0 Å². The van der Waals surface area contributed by atoms with E-state index in [1.807, 2.05) is 11.3 Å². The quantitative estimate of drug-likeness (QED) is 0.813. The summed E-state index contributed by atoms with van der Waals surface area (Å²) in [6.07, 6.45) is 0. The number of nitrogens with zero attached hydrogens (tertiary/aromatic N) is 1. The van der Waals surface area contributed by atoms with Gasteiger partial charge in [0.2, 0.25) is 0 Å². The van der Waals surface area contributed by atoms with Gasteiger partial charge in [-0.1, -0.05) is 52.0 Å². The number of hydrogen-bond acceptors (Lipinski definition) is 3. The Morgan fingerprint density at radius 1 is 1.14 bits per heavy atom. The van der Waals surface area contributed by atoms with E-state index in [0.29, 0.717) is 11.8 Å². The van der Waals surface area contributed by atoms with Gasteiger partial charge in [0.15, 0.2) is 0 Å². The fourth-order valence-corrected chi connectivity index (χ4v) is 3.62. The highest BCUT2D eigenvalue weighted by Gasteiger charge is 2.16. The van der Waals surface area contributed by atoms with Gasteiger partial charge in [-0.2, -0.15) is 0 Å². The van der Waals surface area contributed by atoms with E-state index in [4.69, 9.17) is 4.98 Å². The number of nitrogens with one attached hydrogen (secondary N) is 1. The molecule has 1 aromatic carbocycles. The molecule has 2 nitrogen and oxygen atoms in total. The summed E-state index contributed by atoms with van der Waals surface area (Å²) < 4.78 is 0. The van der Waals surface area contributed by atoms with E-state index in [0.717, 1.165) is 18.1 Å². The van der Waals surface area contributed by atoms with Crippen LogP contribution in [0.15, 0.2) is 24.3 Å². The molecule has 0 aliphatic rings. The highest BCUT2D eigenvalue weighted by Crippen LogP contribution is 2.33. The van der Waals surface area contributed by atoms with Crippen LogP contribution < -0.4 is 5.32 Å². The molecule has 0 amide bonds. The molecule has 114 valence electrons. The zero-order chi connectivity index (χ0) is 15.4. The van der Waals surface area contributed by atoms with E-state index in [1.54, 1.807) is 0 Å². The number of hydrogen-bond donors (Lipinski definition) is 1. The van der Waals surface area contributed by atoms with Crippen molar-refractivity contribution in [2.24, 2.45) is 5.92 Å². The van der Waals surface area contributed by atoms with Crippen LogP contribution in [0.5, 0.6) is 0 Å². The summed E-state index contributed by atoms with van der Waals surface area (Å²) in [7, 11) is 0. The van der Waals surface area contributed by atoms with Crippen molar-refractivity contribution in [3.05, 3.63) is 40.4 Å². The van der Waals surface area contributed by atoms with Crippen molar-refractivity contribution < 1.29 is 0 Å². The van der Waals surface area contributed by atoms with Gasteiger partial charge in [-0.25, -0.2) is 4.98 Å². The second kappa shape index (κ2) is 7.19. The van der Waals surface area contributed by atoms with E-state index in [-0.39, 0.29) is 0 Å². The maximum atomic E-state index is 4.92. The van der Waals surface area contributed by atoms with Gasteiger partial charge < -0.3 is 5.32 Å². The number of thiazole rings is 1. The molecule has 1 N–H and O–H groups in total. The molecule has 1 aromatic heterocycles. The minimum absolute atomic E-state index is 0.467. The SMILES string of the molecule is Cc1ccccc1-c1nc(C(C)C)c(CNCC(C)C)s1. The summed E-state index contributed by atoms with van der Waals surface area (Å²) >= 11 is 1.83. The van der Waals surface area contributed by atoms with Gasteiger partial charge >= 0.3 is 0 Å². The Hall–Kier alpha value is -1.19. The molecule has 0 aliphatic heterocycles. The highest BCUT2D eigenvalue weighted by molar-refractivity contribution is 7.15. The molecule has 0 radical (unpaired) electrons. The predicted molar refractivity (Wildman–Crippen MR) is 92.9 cm³/mol. The first-order valence-corrected chi connectivity index (χ1v) is 8.57. The summed E-state index contributed by atoms with van der Waals surface area (Å²) in [5.41, 5.74) is 3.80. The lowest BCUT2D eigenvalue weighted by molar-refractivity contribution is 0.552. The lowest BCUT2D eigenvalue weighted by atomic mass is 10.1. The molecule has 2 aromatic rings. The molecule has 3 heteroatoms. The molecule has 0 fully saturated rings. The molecule has 0 bridgehead atoms. The largest absolute Gasteiger partial charge is 0.312 e. The van der Waals surface area contributed by atoms with E-state index in [1.165, 1.54) is 21.7 Å². The second-order valence-electron chi connectivity index (χ2n) is 6.32. The Labute approximate surface area is 132 Å². The Morgan fingerprint density at radius 3 is 2.48 bits per heavy atom. The normalized spacial score (nSPS) is 11.6. The molecule has 1 heterocycles. The predicted octanol–water partition coefficient (Wildman–Crippen LogP) is 4.99. The lowest BCUT2D eigenvalue weighted by Gasteiger charge is -2.08. The first-order chi connectivity index (χ1) is 9.99. The van der Waals surface area contributed by atoms with Crippen molar-refractivity contribution in [2.75, 3.05) is 6.54 Å². The zero-order valence-corrected chi connectivity index (χ0v) is 14.6. The van der Waals surface area contributed by atoms with Gasteiger partial charge in [-0.05, 0) is 30.9 Å². The van der Waals surface area contributed by atoms with Crippen LogP contribution in [0.25, 0.3) is 10.6 Å². The van der Waals surface area contributed by atoms with Crippen molar-refractivity contribution in [1.82, 2.24) is 10.3 Å². The van der Waals surface area contributed by atoms with Crippen LogP contribution in [0.1, 0.15) is 49.7 Å². The fraction of sp³-hybridized carbons (Fsp3) is 0.500. The topological polar surface area (TPSA) is 24.9 Å². The second-order valence-corrected chi connectivity index (χ2v) is 7.41. The van der Waals surface area contributed by atoms with Crippen LogP contribution in [-0.4, -0.2) is 11.5 Å². The highest BCUT2D eigenvalue weighted by atomic mass is 32.1. The van der Waals surface area contributed by atoms with Crippen molar-refractivity contribution >= 4 is 11.3 Å². The molecule has 0 atom stereocenters. The minimum Gasteiger partial charge on any atom is -0.312 e. The zero-order valence-electron chi connectivity index (χ0n) is 13.7.